The van der Waals surface area contributed by atoms with Crippen LogP contribution in [0.2, 0.25) is 0 Å². The van der Waals surface area contributed by atoms with Crippen LogP contribution in [-0.4, -0.2) is 25.2 Å². The molecule has 0 aliphatic heterocycles. The van der Waals surface area contributed by atoms with Crippen LogP contribution in [0.5, 0.6) is 11.5 Å². The standard InChI is InChI=1S/C22H16Br2N2O4/c1-29-20-10-8-17(24)12-18(20)21(27)26-25-13-15-11-16(23)7-9-19(15)30-22(28)14-5-3-2-4-6-14/h2-13H,1H3,(H,26,27). The first-order valence-electron chi connectivity index (χ1n) is 8.71. The fourth-order valence-corrected chi connectivity index (χ4v) is 3.26. The number of ether oxygens (including phenoxy) is 2. The first kappa shape index (κ1) is 21.7. The second-order valence-corrected chi connectivity index (χ2v) is 7.81. The van der Waals surface area contributed by atoms with Gasteiger partial charge in [-0.3, -0.25) is 4.79 Å². The number of benzene rings is 3. The zero-order chi connectivity index (χ0) is 21.5. The minimum Gasteiger partial charge on any atom is -0.496 e. The summed E-state index contributed by atoms with van der Waals surface area (Å²) >= 11 is 6.71. The van der Waals surface area contributed by atoms with Crippen LogP contribution in [0.3, 0.4) is 0 Å². The van der Waals surface area contributed by atoms with Crippen LogP contribution >= 0.6 is 31.9 Å². The predicted octanol–water partition coefficient (Wildman–Crippen LogP) is 5.20. The number of nitrogens with zero attached hydrogens (tertiary/aromatic N) is 1. The molecule has 0 spiro atoms. The minimum absolute atomic E-state index is 0.310. The topological polar surface area (TPSA) is 77.0 Å². The van der Waals surface area contributed by atoms with Crippen LogP contribution in [0.25, 0.3) is 0 Å². The number of hydrazone groups is 1. The van der Waals surface area contributed by atoms with Gasteiger partial charge in [-0.05, 0) is 48.5 Å². The van der Waals surface area contributed by atoms with Crippen molar-refractivity contribution in [1.29, 1.82) is 0 Å². The molecule has 8 heteroatoms. The molecule has 3 aromatic rings. The van der Waals surface area contributed by atoms with Crippen LogP contribution in [0, 0.1) is 0 Å². The van der Waals surface area contributed by atoms with Gasteiger partial charge in [0.05, 0.1) is 24.5 Å². The number of hydrogen-bond acceptors (Lipinski definition) is 5. The molecule has 152 valence electrons. The molecule has 6 nitrogen and oxygen atoms in total. The third-order valence-electron chi connectivity index (χ3n) is 3.96. The lowest BCUT2D eigenvalue weighted by atomic mass is 10.2. The van der Waals surface area contributed by atoms with Crippen molar-refractivity contribution in [2.45, 2.75) is 0 Å². The van der Waals surface area contributed by atoms with Gasteiger partial charge in [0.25, 0.3) is 5.91 Å². The maximum atomic E-state index is 12.5. The number of amides is 1. The van der Waals surface area contributed by atoms with Crippen molar-refractivity contribution >= 4 is 50.0 Å². The summed E-state index contributed by atoms with van der Waals surface area (Å²) in [4.78, 5) is 24.8. The highest BCUT2D eigenvalue weighted by Gasteiger charge is 2.13. The predicted molar refractivity (Wildman–Crippen MR) is 121 cm³/mol. The molecule has 0 saturated heterocycles. The molecule has 0 bridgehead atoms. The van der Waals surface area contributed by atoms with Crippen molar-refractivity contribution in [3.63, 3.8) is 0 Å². The van der Waals surface area contributed by atoms with Crippen LogP contribution in [0.4, 0.5) is 0 Å². The summed E-state index contributed by atoms with van der Waals surface area (Å²) in [6, 6.07) is 18.9. The zero-order valence-corrected chi connectivity index (χ0v) is 18.9. The summed E-state index contributed by atoms with van der Waals surface area (Å²) in [5.74, 6) is -0.200. The quantitative estimate of drug-likeness (QED) is 0.205. The van der Waals surface area contributed by atoms with E-state index >= 15 is 0 Å². The van der Waals surface area contributed by atoms with Crippen molar-refractivity contribution in [3.05, 3.63) is 92.4 Å². The van der Waals surface area contributed by atoms with E-state index in [-0.39, 0.29) is 0 Å². The molecule has 0 fully saturated rings. The average molecular weight is 532 g/mol. The van der Waals surface area contributed by atoms with Gasteiger partial charge >= 0.3 is 5.97 Å². The maximum absolute atomic E-state index is 12.5. The molecule has 0 heterocycles. The lowest BCUT2D eigenvalue weighted by molar-refractivity contribution is 0.0734. The molecule has 30 heavy (non-hydrogen) atoms. The Morgan fingerprint density at radius 3 is 2.30 bits per heavy atom. The molecule has 0 radical (unpaired) electrons. The van der Waals surface area contributed by atoms with E-state index in [9.17, 15) is 9.59 Å². The van der Waals surface area contributed by atoms with Gasteiger partial charge in [-0.2, -0.15) is 5.10 Å². The Hall–Kier alpha value is -2.97. The maximum Gasteiger partial charge on any atom is 0.343 e. The number of methoxy groups -OCH3 is 1. The number of rotatable bonds is 6. The smallest absolute Gasteiger partial charge is 0.343 e. The van der Waals surface area contributed by atoms with Gasteiger partial charge in [-0.15, -0.1) is 0 Å². The van der Waals surface area contributed by atoms with Gasteiger partial charge in [0.2, 0.25) is 0 Å². The van der Waals surface area contributed by atoms with Crippen LogP contribution in [-0.2, 0) is 0 Å². The second-order valence-electron chi connectivity index (χ2n) is 5.98. The van der Waals surface area contributed by atoms with E-state index in [4.69, 9.17) is 9.47 Å². The van der Waals surface area contributed by atoms with Crippen molar-refractivity contribution in [3.8, 4) is 11.5 Å². The highest BCUT2D eigenvalue weighted by molar-refractivity contribution is 9.10. The molecule has 0 unspecified atom stereocenters. The molecule has 0 aliphatic rings. The summed E-state index contributed by atoms with van der Waals surface area (Å²) in [7, 11) is 1.48. The number of hydrogen-bond donors (Lipinski definition) is 1. The number of carbonyl (C=O) groups excluding carboxylic acids is 2. The van der Waals surface area contributed by atoms with E-state index in [1.165, 1.54) is 13.3 Å². The number of halogens is 2. The van der Waals surface area contributed by atoms with E-state index in [0.29, 0.717) is 28.2 Å². The van der Waals surface area contributed by atoms with Gasteiger partial charge in [-0.1, -0.05) is 50.1 Å². The fourth-order valence-electron chi connectivity index (χ4n) is 2.52. The van der Waals surface area contributed by atoms with Crippen LogP contribution in [0.15, 0.2) is 80.8 Å². The van der Waals surface area contributed by atoms with Gasteiger partial charge in [0, 0.05) is 14.5 Å². The number of nitrogens with one attached hydrogen (secondary N) is 1. The zero-order valence-electron chi connectivity index (χ0n) is 15.8. The normalized spacial score (nSPS) is 10.6. The minimum atomic E-state index is -0.490. The lowest BCUT2D eigenvalue weighted by Crippen LogP contribution is -2.18. The Morgan fingerprint density at radius 2 is 1.60 bits per heavy atom. The molecule has 3 aromatic carbocycles. The highest BCUT2D eigenvalue weighted by Crippen LogP contribution is 2.24. The Morgan fingerprint density at radius 1 is 0.933 bits per heavy atom. The Labute approximate surface area is 190 Å². The van der Waals surface area contributed by atoms with Crippen molar-refractivity contribution in [2.24, 2.45) is 5.10 Å². The highest BCUT2D eigenvalue weighted by atomic mass is 79.9. The molecular formula is C22H16Br2N2O4. The Kier molecular flexibility index (Phi) is 7.37. The summed E-state index contributed by atoms with van der Waals surface area (Å²) in [5.41, 5.74) is 3.72. The molecule has 0 aromatic heterocycles. The van der Waals surface area contributed by atoms with E-state index in [1.54, 1.807) is 60.7 Å². The third kappa shape index (κ3) is 5.55. The second kappa shape index (κ2) is 10.2. The van der Waals surface area contributed by atoms with Crippen LogP contribution < -0.4 is 14.9 Å². The molecule has 1 amide bonds. The van der Waals surface area contributed by atoms with E-state index < -0.39 is 11.9 Å². The van der Waals surface area contributed by atoms with E-state index in [2.05, 4.69) is 42.4 Å². The van der Waals surface area contributed by atoms with E-state index in [0.717, 1.165) is 8.95 Å². The van der Waals surface area contributed by atoms with Crippen molar-refractivity contribution in [2.75, 3.05) is 7.11 Å². The number of esters is 1. The Balaban J connectivity index is 1.77. The van der Waals surface area contributed by atoms with Gasteiger partial charge < -0.3 is 9.47 Å². The van der Waals surface area contributed by atoms with Gasteiger partial charge in [0.15, 0.2) is 0 Å². The van der Waals surface area contributed by atoms with Crippen LogP contribution in [0.1, 0.15) is 26.3 Å². The largest absolute Gasteiger partial charge is 0.496 e. The van der Waals surface area contributed by atoms with Gasteiger partial charge in [0.1, 0.15) is 11.5 Å². The molecule has 3 rings (SSSR count). The average Bonchev–Trinajstić information content (AvgIpc) is 2.76. The summed E-state index contributed by atoms with van der Waals surface area (Å²) < 4.78 is 12.2. The van der Waals surface area contributed by atoms with Crippen molar-refractivity contribution in [1.82, 2.24) is 5.43 Å². The lowest BCUT2D eigenvalue weighted by Gasteiger charge is -2.09. The van der Waals surface area contributed by atoms with Crippen molar-refractivity contribution < 1.29 is 19.1 Å². The Bertz CT molecular complexity index is 1100. The number of carbonyl (C=O) groups is 2. The first-order chi connectivity index (χ1) is 14.5. The fraction of sp³-hybridized carbons (Fsp3) is 0.0455. The molecule has 0 atom stereocenters. The van der Waals surface area contributed by atoms with Gasteiger partial charge in [-0.25, -0.2) is 10.2 Å². The first-order valence-corrected chi connectivity index (χ1v) is 10.3. The van der Waals surface area contributed by atoms with E-state index in [1.807, 2.05) is 6.07 Å². The SMILES string of the molecule is COc1ccc(Br)cc1C(=O)NN=Cc1cc(Br)ccc1OC(=O)c1ccccc1. The third-order valence-corrected chi connectivity index (χ3v) is 4.95. The summed E-state index contributed by atoms with van der Waals surface area (Å²) in [6.07, 6.45) is 1.40. The summed E-state index contributed by atoms with van der Waals surface area (Å²) in [5, 5.41) is 4.00. The summed E-state index contributed by atoms with van der Waals surface area (Å²) in [6.45, 7) is 0. The molecule has 0 saturated carbocycles. The molecule has 0 aliphatic carbocycles. The molecule has 1 N–H and O–H groups in total. The molecular weight excluding hydrogens is 516 g/mol. The monoisotopic (exact) mass is 530 g/mol.